The molecule has 1 atom stereocenters. The van der Waals surface area contributed by atoms with Crippen LogP contribution in [-0.4, -0.2) is 23.7 Å². The van der Waals surface area contributed by atoms with Crippen molar-refractivity contribution >= 4 is 0 Å². The zero-order valence-electron chi connectivity index (χ0n) is 8.07. The number of benzene rings is 1. The second kappa shape index (κ2) is 4.37. The standard InChI is InChI=1S/C10H16N2O/c1-8-5-3-4-6-9(8)10(13)7-12(2)11/h3-6,10,13H,7,11H2,1-2H3. The molecule has 1 rings (SSSR count). The molecule has 0 aliphatic carbocycles. The van der Waals surface area contributed by atoms with Crippen molar-refractivity contribution < 1.29 is 5.11 Å². The van der Waals surface area contributed by atoms with Gasteiger partial charge in [-0.25, -0.2) is 5.01 Å². The number of aliphatic hydroxyl groups excluding tert-OH is 1. The van der Waals surface area contributed by atoms with Gasteiger partial charge in [-0.15, -0.1) is 0 Å². The van der Waals surface area contributed by atoms with E-state index in [0.717, 1.165) is 11.1 Å². The van der Waals surface area contributed by atoms with Gasteiger partial charge in [-0.3, -0.25) is 5.84 Å². The number of nitrogens with zero attached hydrogens (tertiary/aromatic N) is 1. The molecule has 3 nitrogen and oxygen atoms in total. The molecule has 0 saturated heterocycles. The van der Waals surface area contributed by atoms with Gasteiger partial charge in [-0.05, 0) is 18.1 Å². The minimum atomic E-state index is -0.504. The highest BCUT2D eigenvalue weighted by atomic mass is 16.3. The van der Waals surface area contributed by atoms with Crippen LogP contribution < -0.4 is 5.84 Å². The van der Waals surface area contributed by atoms with Gasteiger partial charge in [0.1, 0.15) is 0 Å². The van der Waals surface area contributed by atoms with Crippen molar-refractivity contribution in [2.45, 2.75) is 13.0 Å². The molecule has 0 spiro atoms. The Morgan fingerprint density at radius 3 is 2.62 bits per heavy atom. The SMILES string of the molecule is Cc1ccccc1C(O)CN(C)N. The number of aryl methyl sites for hydroxylation is 1. The summed E-state index contributed by atoms with van der Waals surface area (Å²) < 4.78 is 0. The summed E-state index contributed by atoms with van der Waals surface area (Å²) in [6.07, 6.45) is -0.504. The van der Waals surface area contributed by atoms with Gasteiger partial charge in [0.05, 0.1) is 6.10 Å². The van der Waals surface area contributed by atoms with Crippen LogP contribution in [0.1, 0.15) is 17.2 Å². The minimum absolute atomic E-state index is 0.449. The number of rotatable bonds is 3. The van der Waals surface area contributed by atoms with E-state index in [4.69, 9.17) is 5.84 Å². The summed E-state index contributed by atoms with van der Waals surface area (Å²) in [6.45, 7) is 2.43. The second-order valence-electron chi connectivity index (χ2n) is 3.31. The van der Waals surface area contributed by atoms with Gasteiger partial charge in [0, 0.05) is 13.6 Å². The molecule has 0 aromatic heterocycles. The first kappa shape index (κ1) is 10.2. The van der Waals surface area contributed by atoms with Crippen LogP contribution in [0.3, 0.4) is 0 Å². The molecular weight excluding hydrogens is 164 g/mol. The Morgan fingerprint density at radius 2 is 2.08 bits per heavy atom. The maximum atomic E-state index is 9.75. The highest BCUT2D eigenvalue weighted by molar-refractivity contribution is 5.27. The third-order valence-corrected chi connectivity index (χ3v) is 2.01. The van der Waals surface area contributed by atoms with E-state index in [1.54, 1.807) is 7.05 Å². The highest BCUT2D eigenvalue weighted by Crippen LogP contribution is 2.16. The van der Waals surface area contributed by atoms with Crippen molar-refractivity contribution in [3.8, 4) is 0 Å². The van der Waals surface area contributed by atoms with Crippen LogP contribution in [0.2, 0.25) is 0 Å². The fraction of sp³-hybridized carbons (Fsp3) is 0.400. The van der Waals surface area contributed by atoms with Crippen LogP contribution in [0.15, 0.2) is 24.3 Å². The molecule has 3 N–H and O–H groups in total. The molecule has 72 valence electrons. The summed E-state index contributed by atoms with van der Waals surface area (Å²) >= 11 is 0. The third-order valence-electron chi connectivity index (χ3n) is 2.01. The van der Waals surface area contributed by atoms with Crippen molar-refractivity contribution in [1.29, 1.82) is 0 Å². The Balaban J connectivity index is 2.76. The lowest BCUT2D eigenvalue weighted by Gasteiger charge is -2.17. The molecular formula is C10H16N2O. The fourth-order valence-corrected chi connectivity index (χ4v) is 1.33. The van der Waals surface area contributed by atoms with Gasteiger partial charge in [0.2, 0.25) is 0 Å². The van der Waals surface area contributed by atoms with E-state index in [1.807, 2.05) is 31.2 Å². The third kappa shape index (κ3) is 2.81. The Morgan fingerprint density at radius 1 is 1.46 bits per heavy atom. The zero-order chi connectivity index (χ0) is 9.84. The predicted octanol–water partition coefficient (Wildman–Crippen LogP) is 0.834. The molecule has 0 fully saturated rings. The lowest BCUT2D eigenvalue weighted by Crippen LogP contribution is -2.30. The van der Waals surface area contributed by atoms with E-state index < -0.39 is 6.10 Å². The zero-order valence-corrected chi connectivity index (χ0v) is 8.07. The Kier molecular flexibility index (Phi) is 3.42. The molecule has 0 saturated carbocycles. The average Bonchev–Trinajstić information content (AvgIpc) is 2.03. The van der Waals surface area contributed by atoms with Gasteiger partial charge in [-0.2, -0.15) is 0 Å². The summed E-state index contributed by atoms with van der Waals surface area (Å²) in [5.41, 5.74) is 2.04. The summed E-state index contributed by atoms with van der Waals surface area (Å²) in [6, 6.07) is 7.78. The molecule has 1 aromatic rings. The van der Waals surface area contributed by atoms with Crippen LogP contribution >= 0.6 is 0 Å². The molecule has 0 aliphatic heterocycles. The normalized spacial score (nSPS) is 13.3. The molecule has 0 bridgehead atoms. The number of likely N-dealkylation sites (N-methyl/N-ethyl adjacent to an activating group) is 1. The van der Waals surface area contributed by atoms with Gasteiger partial charge >= 0.3 is 0 Å². The lowest BCUT2D eigenvalue weighted by molar-refractivity contribution is 0.127. The van der Waals surface area contributed by atoms with E-state index in [9.17, 15) is 5.11 Å². The van der Waals surface area contributed by atoms with Crippen LogP contribution in [0, 0.1) is 6.92 Å². The molecule has 0 heterocycles. The van der Waals surface area contributed by atoms with Gasteiger partial charge < -0.3 is 5.11 Å². The van der Waals surface area contributed by atoms with Gasteiger partial charge in [0.25, 0.3) is 0 Å². The van der Waals surface area contributed by atoms with Gasteiger partial charge in [0.15, 0.2) is 0 Å². The van der Waals surface area contributed by atoms with Crippen LogP contribution in [0.4, 0.5) is 0 Å². The number of hydrogen-bond acceptors (Lipinski definition) is 3. The van der Waals surface area contributed by atoms with Crippen molar-refractivity contribution in [3.63, 3.8) is 0 Å². The summed E-state index contributed by atoms with van der Waals surface area (Å²) in [4.78, 5) is 0. The monoisotopic (exact) mass is 180 g/mol. The maximum absolute atomic E-state index is 9.75. The first-order valence-corrected chi connectivity index (χ1v) is 4.30. The number of nitrogens with two attached hydrogens (primary N) is 1. The van der Waals surface area contributed by atoms with E-state index in [-0.39, 0.29) is 0 Å². The molecule has 1 aromatic carbocycles. The molecule has 1 unspecified atom stereocenters. The lowest BCUT2D eigenvalue weighted by atomic mass is 10.0. The first-order valence-electron chi connectivity index (χ1n) is 4.30. The topological polar surface area (TPSA) is 49.5 Å². The van der Waals surface area contributed by atoms with Crippen molar-refractivity contribution in [2.75, 3.05) is 13.6 Å². The fourth-order valence-electron chi connectivity index (χ4n) is 1.33. The number of aliphatic hydroxyl groups is 1. The first-order chi connectivity index (χ1) is 6.11. The Hall–Kier alpha value is -0.900. The molecule has 0 aliphatic rings. The smallest absolute Gasteiger partial charge is 0.0933 e. The maximum Gasteiger partial charge on any atom is 0.0933 e. The van der Waals surface area contributed by atoms with Crippen molar-refractivity contribution in [1.82, 2.24) is 5.01 Å². The Labute approximate surface area is 78.8 Å². The average molecular weight is 180 g/mol. The largest absolute Gasteiger partial charge is 0.387 e. The summed E-state index contributed by atoms with van der Waals surface area (Å²) in [5.74, 6) is 5.45. The van der Waals surface area contributed by atoms with Gasteiger partial charge in [-0.1, -0.05) is 24.3 Å². The second-order valence-corrected chi connectivity index (χ2v) is 3.31. The molecule has 0 amide bonds. The molecule has 13 heavy (non-hydrogen) atoms. The van der Waals surface area contributed by atoms with Crippen molar-refractivity contribution in [2.24, 2.45) is 5.84 Å². The van der Waals surface area contributed by atoms with E-state index in [0.29, 0.717) is 6.54 Å². The van der Waals surface area contributed by atoms with Crippen LogP contribution in [-0.2, 0) is 0 Å². The summed E-state index contributed by atoms with van der Waals surface area (Å²) in [5, 5.41) is 11.2. The van der Waals surface area contributed by atoms with Crippen molar-refractivity contribution in [3.05, 3.63) is 35.4 Å². The van der Waals surface area contributed by atoms with E-state index >= 15 is 0 Å². The van der Waals surface area contributed by atoms with Crippen LogP contribution in [0.25, 0.3) is 0 Å². The highest BCUT2D eigenvalue weighted by Gasteiger charge is 2.10. The quantitative estimate of drug-likeness (QED) is 0.535. The number of hydrazine groups is 1. The molecule has 3 heteroatoms. The van der Waals surface area contributed by atoms with E-state index in [1.165, 1.54) is 5.01 Å². The Bertz CT molecular complexity index is 273. The van der Waals surface area contributed by atoms with Crippen LogP contribution in [0.5, 0.6) is 0 Å². The predicted molar refractivity (Wildman–Crippen MR) is 53.0 cm³/mol. The number of hydrogen-bond donors (Lipinski definition) is 2. The minimum Gasteiger partial charge on any atom is -0.387 e. The van der Waals surface area contributed by atoms with E-state index in [2.05, 4.69) is 0 Å². The molecule has 0 radical (unpaired) electrons. The summed E-state index contributed by atoms with van der Waals surface area (Å²) in [7, 11) is 1.74.